The highest BCUT2D eigenvalue weighted by molar-refractivity contribution is 5.77. The normalized spacial score (nSPS) is 13.4. The topological polar surface area (TPSA) is 101 Å². The molecule has 0 saturated heterocycles. The molecule has 2 rings (SSSR count). The van der Waals surface area contributed by atoms with Crippen molar-refractivity contribution in [3.8, 4) is 11.5 Å². The molecule has 6 heteroatoms. The summed E-state index contributed by atoms with van der Waals surface area (Å²) in [5.41, 5.74) is -1.40. The van der Waals surface area contributed by atoms with Gasteiger partial charge in [-0.1, -0.05) is 30.3 Å². The molecular weight excluding hydrogens is 286 g/mol. The fourth-order valence-corrected chi connectivity index (χ4v) is 2.27. The third-order valence-corrected chi connectivity index (χ3v) is 3.45. The summed E-state index contributed by atoms with van der Waals surface area (Å²) in [5.74, 6) is -1.24. The zero-order chi connectivity index (χ0) is 16.3. The summed E-state index contributed by atoms with van der Waals surface area (Å²) < 4.78 is 0. The summed E-state index contributed by atoms with van der Waals surface area (Å²) in [6, 6.07) is 12.1. The van der Waals surface area contributed by atoms with Crippen LogP contribution in [0.4, 0.5) is 0 Å². The van der Waals surface area contributed by atoms with Gasteiger partial charge in [0, 0.05) is 18.7 Å². The van der Waals surface area contributed by atoms with Crippen LogP contribution < -0.4 is 0 Å². The van der Waals surface area contributed by atoms with E-state index >= 15 is 0 Å². The molecular formula is C16H17NO5. The Kier molecular flexibility index (Phi) is 4.35. The number of nitrogens with zero attached hydrogens (tertiary/aromatic N) is 1. The summed E-state index contributed by atoms with van der Waals surface area (Å²) >= 11 is 0. The lowest BCUT2D eigenvalue weighted by Crippen LogP contribution is -2.35. The Morgan fingerprint density at radius 1 is 1.14 bits per heavy atom. The first-order chi connectivity index (χ1) is 10.3. The lowest BCUT2D eigenvalue weighted by molar-refractivity contribution is -0.163. The second-order valence-electron chi connectivity index (χ2n) is 5.02. The second-order valence-corrected chi connectivity index (χ2v) is 5.02. The maximum Gasteiger partial charge on any atom is 0.249 e. The summed E-state index contributed by atoms with van der Waals surface area (Å²) in [4.78, 5) is 11.9. The first-order valence-corrected chi connectivity index (χ1v) is 6.60. The number of amides is 1. The Morgan fingerprint density at radius 2 is 1.77 bits per heavy atom. The van der Waals surface area contributed by atoms with Crippen molar-refractivity contribution in [2.75, 3.05) is 7.05 Å². The van der Waals surface area contributed by atoms with Crippen LogP contribution in [0.5, 0.6) is 11.5 Å². The Labute approximate surface area is 127 Å². The van der Waals surface area contributed by atoms with Crippen LogP contribution in [0.15, 0.2) is 48.5 Å². The van der Waals surface area contributed by atoms with Gasteiger partial charge in [-0.15, -0.1) is 0 Å². The largest absolute Gasteiger partial charge is 0.508 e. The molecule has 0 aliphatic carbocycles. The first kappa shape index (κ1) is 15.8. The fraction of sp³-hybridized carbons (Fsp3) is 0.188. The van der Waals surface area contributed by atoms with Crippen LogP contribution in [-0.2, 0) is 10.4 Å². The summed E-state index contributed by atoms with van der Waals surface area (Å²) in [6.45, 7) is 0. The Balaban J connectivity index is 2.57. The molecule has 4 N–H and O–H groups in total. The van der Waals surface area contributed by atoms with Crippen molar-refractivity contribution in [3.05, 3.63) is 59.7 Å². The van der Waals surface area contributed by atoms with Crippen molar-refractivity contribution < 1.29 is 25.3 Å². The van der Waals surface area contributed by atoms with Gasteiger partial charge in [0.25, 0.3) is 0 Å². The number of hydrogen-bond acceptors (Lipinski definition) is 5. The van der Waals surface area contributed by atoms with Crippen LogP contribution in [-0.4, -0.2) is 38.5 Å². The smallest absolute Gasteiger partial charge is 0.249 e. The van der Waals surface area contributed by atoms with Gasteiger partial charge in [-0.25, -0.2) is 5.06 Å². The van der Waals surface area contributed by atoms with Crippen LogP contribution in [0.2, 0.25) is 0 Å². The number of phenolic OH excluding ortho intramolecular Hbond substituents is 2. The van der Waals surface area contributed by atoms with Crippen molar-refractivity contribution in [1.29, 1.82) is 0 Å². The van der Waals surface area contributed by atoms with Gasteiger partial charge in [0.1, 0.15) is 17.1 Å². The van der Waals surface area contributed by atoms with Gasteiger partial charge < -0.3 is 15.3 Å². The van der Waals surface area contributed by atoms with E-state index in [0.717, 1.165) is 13.1 Å². The lowest BCUT2D eigenvalue weighted by Gasteiger charge is -2.30. The van der Waals surface area contributed by atoms with Crippen LogP contribution in [0.1, 0.15) is 17.5 Å². The van der Waals surface area contributed by atoms with Crippen molar-refractivity contribution in [2.45, 2.75) is 12.0 Å². The summed E-state index contributed by atoms with van der Waals surface area (Å²) in [6.07, 6.45) is -0.470. The molecule has 6 nitrogen and oxygen atoms in total. The summed E-state index contributed by atoms with van der Waals surface area (Å²) in [5, 5.41) is 40.1. The van der Waals surface area contributed by atoms with E-state index in [-0.39, 0.29) is 17.1 Å². The molecule has 0 spiro atoms. The molecule has 0 aliphatic rings. The standard InChI is InChI=1S/C16H17NO5/c1-17(22)15(20)10-16(21,11-5-3-2-4-6-11)13-8-7-12(18)9-14(13)19/h2-9,18-19,21-22H,10H2,1H3. The number of carbonyl (C=O) groups excluding carboxylic acids is 1. The number of aliphatic hydroxyl groups is 1. The number of aromatic hydroxyl groups is 2. The maximum absolute atomic E-state index is 11.9. The van der Waals surface area contributed by atoms with E-state index in [1.54, 1.807) is 30.3 Å². The molecule has 1 amide bonds. The molecule has 2 aromatic carbocycles. The number of rotatable bonds is 4. The first-order valence-electron chi connectivity index (χ1n) is 6.60. The second kappa shape index (κ2) is 6.05. The molecule has 0 saturated carbocycles. The Hall–Kier alpha value is -2.57. The number of carbonyl (C=O) groups is 1. The lowest BCUT2D eigenvalue weighted by atomic mass is 9.82. The average molecular weight is 303 g/mol. The Bertz CT molecular complexity index is 671. The van der Waals surface area contributed by atoms with E-state index in [9.17, 15) is 25.3 Å². The molecule has 1 atom stereocenters. The van der Waals surface area contributed by atoms with Gasteiger partial charge in [-0.3, -0.25) is 10.0 Å². The van der Waals surface area contributed by atoms with Crippen molar-refractivity contribution in [1.82, 2.24) is 5.06 Å². The highest BCUT2D eigenvalue weighted by Gasteiger charge is 2.37. The zero-order valence-corrected chi connectivity index (χ0v) is 12.0. The molecule has 0 aliphatic heterocycles. The molecule has 1 unspecified atom stereocenters. The van der Waals surface area contributed by atoms with Gasteiger partial charge >= 0.3 is 0 Å². The minimum Gasteiger partial charge on any atom is -0.508 e. The minimum atomic E-state index is -1.84. The molecule has 0 fully saturated rings. The van der Waals surface area contributed by atoms with Gasteiger partial charge in [-0.05, 0) is 17.7 Å². The van der Waals surface area contributed by atoms with Gasteiger partial charge in [0.15, 0.2) is 0 Å². The molecule has 0 heterocycles. The van der Waals surface area contributed by atoms with Crippen LogP contribution in [0, 0.1) is 0 Å². The molecule has 0 radical (unpaired) electrons. The highest BCUT2D eigenvalue weighted by Crippen LogP contribution is 2.39. The molecule has 116 valence electrons. The number of phenols is 2. The SMILES string of the molecule is CN(O)C(=O)CC(O)(c1ccccc1)c1ccc(O)cc1O. The quantitative estimate of drug-likeness (QED) is 0.507. The number of hydrogen-bond donors (Lipinski definition) is 4. The maximum atomic E-state index is 11.9. The van der Waals surface area contributed by atoms with Crippen LogP contribution in [0.3, 0.4) is 0 Å². The number of benzene rings is 2. The van der Waals surface area contributed by atoms with Gasteiger partial charge in [0.05, 0.1) is 6.42 Å². The predicted molar refractivity (Wildman–Crippen MR) is 78.4 cm³/mol. The van der Waals surface area contributed by atoms with Crippen molar-refractivity contribution in [2.24, 2.45) is 0 Å². The monoisotopic (exact) mass is 303 g/mol. The van der Waals surface area contributed by atoms with E-state index in [1.165, 1.54) is 12.1 Å². The van der Waals surface area contributed by atoms with Crippen LogP contribution in [0.25, 0.3) is 0 Å². The van der Waals surface area contributed by atoms with E-state index in [0.29, 0.717) is 10.6 Å². The fourth-order valence-electron chi connectivity index (χ4n) is 2.27. The predicted octanol–water partition coefficient (Wildman–Crippen LogP) is 1.57. The van der Waals surface area contributed by atoms with Crippen molar-refractivity contribution >= 4 is 5.91 Å². The zero-order valence-electron chi connectivity index (χ0n) is 12.0. The Morgan fingerprint density at radius 3 is 2.32 bits per heavy atom. The number of hydroxylamine groups is 2. The molecule has 22 heavy (non-hydrogen) atoms. The van der Waals surface area contributed by atoms with Crippen molar-refractivity contribution in [3.63, 3.8) is 0 Å². The molecule has 0 aromatic heterocycles. The average Bonchev–Trinajstić information content (AvgIpc) is 2.47. The van der Waals surface area contributed by atoms with E-state index < -0.39 is 17.9 Å². The molecule has 0 bridgehead atoms. The van der Waals surface area contributed by atoms with E-state index in [2.05, 4.69) is 0 Å². The van der Waals surface area contributed by atoms with Crippen LogP contribution >= 0.6 is 0 Å². The summed E-state index contributed by atoms with van der Waals surface area (Å²) in [7, 11) is 1.16. The van der Waals surface area contributed by atoms with Gasteiger partial charge in [0.2, 0.25) is 5.91 Å². The third-order valence-electron chi connectivity index (χ3n) is 3.45. The highest BCUT2D eigenvalue weighted by atomic mass is 16.5. The van der Waals surface area contributed by atoms with E-state index in [4.69, 9.17) is 0 Å². The third kappa shape index (κ3) is 3.03. The van der Waals surface area contributed by atoms with E-state index in [1.807, 2.05) is 0 Å². The molecule has 2 aromatic rings. The minimum absolute atomic E-state index is 0.0618. The van der Waals surface area contributed by atoms with Gasteiger partial charge in [-0.2, -0.15) is 0 Å².